The van der Waals surface area contributed by atoms with E-state index in [4.69, 9.17) is 9.59 Å². The molecule has 0 aliphatic heterocycles. The monoisotopic (exact) mass is 328 g/mol. The first kappa shape index (κ1) is 17.7. The van der Waals surface area contributed by atoms with Gasteiger partial charge < -0.3 is 4.18 Å². The molecule has 0 amide bonds. The molecular weight excluding hydrogens is 313 g/mol. The van der Waals surface area contributed by atoms with E-state index < -0.39 is 15.6 Å². The Morgan fingerprint density at radius 3 is 2.33 bits per heavy atom. The fourth-order valence-corrected chi connectivity index (χ4v) is 3.25. The van der Waals surface area contributed by atoms with Gasteiger partial charge in [-0.05, 0) is 36.7 Å². The number of allylic oxidation sites excluding steroid dienone is 2. The normalized spacial score (nSPS) is 28.0. The lowest BCUT2D eigenvalue weighted by Gasteiger charge is -2.22. The molecule has 2 rings (SSSR count). The molecule has 5 nitrogen and oxygen atoms in total. The molecule has 1 saturated carbocycles. The molecule has 0 N–H and O–H groups in total. The largest absolute Gasteiger partial charge is 0.534 e. The molecule has 0 aromatic rings. The van der Waals surface area contributed by atoms with Crippen LogP contribution in [0.1, 0.15) is 39.0 Å². The van der Waals surface area contributed by atoms with Crippen molar-refractivity contribution in [1.29, 1.82) is 0 Å². The first-order valence-electron chi connectivity index (χ1n) is 6.31. The molecule has 2 atom stereocenters. The summed E-state index contributed by atoms with van der Waals surface area (Å²) in [6, 6.07) is 0. The van der Waals surface area contributed by atoms with Gasteiger partial charge in [0.15, 0.2) is 0 Å². The van der Waals surface area contributed by atoms with Crippen LogP contribution in [-0.4, -0.2) is 20.1 Å². The summed E-state index contributed by atoms with van der Waals surface area (Å²) in [4.78, 5) is 16.2. The van der Waals surface area contributed by atoms with Crippen LogP contribution in [0.3, 0.4) is 0 Å². The highest BCUT2D eigenvalue weighted by atomic mass is 32.2. The summed E-state index contributed by atoms with van der Waals surface area (Å²) in [5.74, 6) is 0.550. The number of rotatable bonds is 3. The molecule has 0 saturated heterocycles. The summed E-state index contributed by atoms with van der Waals surface area (Å²) in [7, 11) is -5.50. The Morgan fingerprint density at radius 2 is 2.00 bits per heavy atom. The predicted molar refractivity (Wildman–Crippen MR) is 63.8 cm³/mol. The first-order valence-corrected chi connectivity index (χ1v) is 7.72. The minimum absolute atomic E-state index is 0.0697. The SMILES string of the molecule is CCC1CC12CC=C(OS(=O)(=O)C(F)(F)F)CC2.O=C=O. The van der Waals surface area contributed by atoms with Crippen molar-refractivity contribution in [2.75, 3.05) is 0 Å². The summed E-state index contributed by atoms with van der Waals surface area (Å²) >= 11 is 0. The van der Waals surface area contributed by atoms with Crippen LogP contribution < -0.4 is 0 Å². The van der Waals surface area contributed by atoms with Gasteiger partial charge in [-0.15, -0.1) is 0 Å². The lowest BCUT2D eigenvalue weighted by molar-refractivity contribution is -0.191. The van der Waals surface area contributed by atoms with Gasteiger partial charge in [0, 0.05) is 6.42 Å². The maximum Gasteiger partial charge on any atom is 0.534 e. The fourth-order valence-electron chi connectivity index (χ4n) is 2.72. The topological polar surface area (TPSA) is 77.5 Å². The van der Waals surface area contributed by atoms with Gasteiger partial charge in [-0.2, -0.15) is 31.2 Å². The van der Waals surface area contributed by atoms with Gasteiger partial charge in [-0.3, -0.25) is 0 Å². The Labute approximate surface area is 120 Å². The van der Waals surface area contributed by atoms with Crippen LogP contribution in [0.5, 0.6) is 0 Å². The standard InChI is InChI=1S/C11H15F3O3S.CO2/c1-2-8-7-10(8)5-3-9(4-6-10)17-18(15,16)11(12,13)14;2-1-3/h3,8H,2,4-7H2,1H3;. The van der Waals surface area contributed by atoms with Gasteiger partial charge in [-0.1, -0.05) is 13.3 Å². The highest BCUT2D eigenvalue weighted by Gasteiger charge is 2.53. The van der Waals surface area contributed by atoms with E-state index in [0.717, 1.165) is 12.8 Å². The summed E-state index contributed by atoms with van der Waals surface area (Å²) in [5.41, 5.74) is -5.15. The zero-order chi connectivity index (χ0) is 16.3. The lowest BCUT2D eigenvalue weighted by Crippen LogP contribution is -2.26. The molecule has 2 aliphatic carbocycles. The van der Waals surface area contributed by atoms with E-state index in [1.54, 1.807) is 0 Å². The first-order chi connectivity index (χ1) is 9.62. The zero-order valence-electron chi connectivity index (χ0n) is 11.3. The number of hydrogen-bond donors (Lipinski definition) is 0. The highest BCUT2D eigenvalue weighted by Crippen LogP contribution is 2.62. The highest BCUT2D eigenvalue weighted by molar-refractivity contribution is 7.87. The number of alkyl halides is 3. The van der Waals surface area contributed by atoms with Gasteiger partial charge in [0.2, 0.25) is 0 Å². The van der Waals surface area contributed by atoms with E-state index in [1.807, 2.05) is 0 Å². The van der Waals surface area contributed by atoms with Gasteiger partial charge in [0.25, 0.3) is 0 Å². The second-order valence-electron chi connectivity index (χ2n) is 5.11. The van der Waals surface area contributed by atoms with Crippen molar-refractivity contribution in [3.05, 3.63) is 11.8 Å². The third-order valence-electron chi connectivity index (χ3n) is 3.96. The summed E-state index contributed by atoms with van der Waals surface area (Å²) in [6.45, 7) is 2.09. The molecule has 120 valence electrons. The molecule has 0 bridgehead atoms. The molecule has 0 heterocycles. The van der Waals surface area contributed by atoms with Crippen LogP contribution in [0.15, 0.2) is 11.8 Å². The Morgan fingerprint density at radius 1 is 1.43 bits per heavy atom. The minimum Gasteiger partial charge on any atom is -0.381 e. The second-order valence-corrected chi connectivity index (χ2v) is 6.65. The van der Waals surface area contributed by atoms with Crippen molar-refractivity contribution in [2.24, 2.45) is 11.3 Å². The average molecular weight is 328 g/mol. The van der Waals surface area contributed by atoms with E-state index in [0.29, 0.717) is 18.8 Å². The molecule has 1 spiro atoms. The van der Waals surface area contributed by atoms with E-state index in [9.17, 15) is 21.6 Å². The van der Waals surface area contributed by atoms with Crippen LogP contribution in [0.2, 0.25) is 0 Å². The van der Waals surface area contributed by atoms with Crippen molar-refractivity contribution in [2.45, 2.75) is 44.5 Å². The Bertz CT molecular complexity index is 546. The van der Waals surface area contributed by atoms with Gasteiger partial charge in [0.05, 0.1) is 0 Å². The van der Waals surface area contributed by atoms with Gasteiger partial charge in [-0.25, -0.2) is 0 Å². The molecule has 0 aromatic heterocycles. The quantitative estimate of drug-likeness (QED) is 0.588. The van der Waals surface area contributed by atoms with Crippen LogP contribution in [-0.2, 0) is 23.9 Å². The average Bonchev–Trinajstić information content (AvgIpc) is 3.05. The molecule has 0 aromatic carbocycles. The van der Waals surface area contributed by atoms with Crippen molar-refractivity contribution in [1.82, 2.24) is 0 Å². The third-order valence-corrected chi connectivity index (χ3v) is 4.96. The van der Waals surface area contributed by atoms with Crippen LogP contribution in [0, 0.1) is 11.3 Å². The molecular formula is C12H15F3O5S. The Balaban J connectivity index is 0.000000677. The molecule has 0 radical (unpaired) electrons. The Hall–Kier alpha value is -1.34. The maximum absolute atomic E-state index is 12.1. The van der Waals surface area contributed by atoms with Crippen molar-refractivity contribution in [3.8, 4) is 0 Å². The van der Waals surface area contributed by atoms with Crippen molar-refractivity contribution < 1.29 is 35.4 Å². The van der Waals surface area contributed by atoms with Gasteiger partial charge >= 0.3 is 21.8 Å². The number of hydrogen-bond acceptors (Lipinski definition) is 5. The van der Waals surface area contributed by atoms with E-state index >= 15 is 0 Å². The van der Waals surface area contributed by atoms with E-state index in [-0.39, 0.29) is 23.7 Å². The van der Waals surface area contributed by atoms with Crippen LogP contribution >= 0.6 is 0 Å². The lowest BCUT2D eigenvalue weighted by atomic mass is 9.87. The number of halogens is 3. The molecule has 1 fully saturated rings. The summed E-state index contributed by atoms with van der Waals surface area (Å²) in [5, 5.41) is 0. The van der Waals surface area contributed by atoms with E-state index in [2.05, 4.69) is 11.1 Å². The second kappa shape index (κ2) is 6.19. The van der Waals surface area contributed by atoms with Gasteiger partial charge in [0.1, 0.15) is 5.76 Å². The maximum atomic E-state index is 12.1. The molecule has 21 heavy (non-hydrogen) atoms. The summed E-state index contributed by atoms with van der Waals surface area (Å²) in [6.07, 6.45) is 5.50. The van der Waals surface area contributed by atoms with Crippen molar-refractivity contribution in [3.63, 3.8) is 0 Å². The Kier molecular flexibility index (Phi) is 5.22. The molecule has 9 heteroatoms. The van der Waals surface area contributed by atoms with E-state index in [1.165, 1.54) is 6.08 Å². The van der Waals surface area contributed by atoms with Crippen molar-refractivity contribution >= 4 is 16.3 Å². The van der Waals surface area contributed by atoms with Crippen LogP contribution in [0.25, 0.3) is 0 Å². The minimum atomic E-state index is -5.50. The predicted octanol–water partition coefficient (Wildman–Crippen LogP) is 2.75. The fraction of sp³-hybridized carbons (Fsp3) is 0.750. The smallest absolute Gasteiger partial charge is 0.381 e. The zero-order valence-corrected chi connectivity index (χ0v) is 12.1. The summed E-state index contributed by atoms with van der Waals surface area (Å²) < 4.78 is 62.2. The molecule has 2 aliphatic rings. The van der Waals surface area contributed by atoms with Crippen LogP contribution in [0.4, 0.5) is 13.2 Å². The number of carbonyl (C=O) groups excluding carboxylic acids is 2. The molecule has 2 unspecified atom stereocenters. The third kappa shape index (κ3) is 4.07.